The number of aromatic nitrogens is 1. The summed E-state index contributed by atoms with van der Waals surface area (Å²) >= 11 is 6.38. The summed E-state index contributed by atoms with van der Waals surface area (Å²) in [7, 11) is 0. The molecule has 296 valence electrons. The van der Waals surface area contributed by atoms with Crippen LogP contribution in [-0.2, 0) is 16.1 Å². The summed E-state index contributed by atoms with van der Waals surface area (Å²) < 4.78 is 15.4. The first kappa shape index (κ1) is 37.5. The number of amides is 4. The maximum Gasteiger partial charge on any atom is 0.262 e. The van der Waals surface area contributed by atoms with Gasteiger partial charge in [0.2, 0.25) is 17.5 Å². The molecule has 0 bridgehead atoms. The van der Waals surface area contributed by atoms with Crippen LogP contribution in [0.4, 0.5) is 27.3 Å². The maximum absolute atomic E-state index is 15.4. The molecule has 0 saturated carbocycles. The van der Waals surface area contributed by atoms with E-state index in [1.165, 1.54) is 11.6 Å². The van der Waals surface area contributed by atoms with Crippen molar-refractivity contribution in [1.82, 2.24) is 25.0 Å². The van der Waals surface area contributed by atoms with Crippen molar-refractivity contribution in [3.8, 4) is 0 Å². The van der Waals surface area contributed by atoms with Crippen LogP contribution >= 0.6 is 11.6 Å². The number of likely N-dealkylation sites (tertiary alicyclic amines) is 1. The number of hydrogen-bond acceptors (Lipinski definition) is 10. The van der Waals surface area contributed by atoms with E-state index in [2.05, 4.69) is 48.8 Å². The highest BCUT2D eigenvalue weighted by Crippen LogP contribution is 2.46. The summed E-state index contributed by atoms with van der Waals surface area (Å²) in [5, 5.41) is 2.70. The smallest absolute Gasteiger partial charge is 0.262 e. The van der Waals surface area contributed by atoms with Gasteiger partial charge in [0.15, 0.2) is 0 Å². The minimum absolute atomic E-state index is 0.0262. The van der Waals surface area contributed by atoms with Gasteiger partial charge in [0, 0.05) is 101 Å². The van der Waals surface area contributed by atoms with Gasteiger partial charge in [-0.05, 0) is 73.9 Å². The van der Waals surface area contributed by atoms with Crippen LogP contribution < -0.4 is 20.0 Å². The lowest BCUT2D eigenvalue weighted by Gasteiger charge is -2.48. The number of fused-ring (bicyclic) bond motifs is 1. The Balaban J connectivity index is 0.734. The first-order chi connectivity index (χ1) is 27.5. The average Bonchev–Trinajstić information content (AvgIpc) is 3.63. The molecule has 6 aliphatic rings. The molecular formula is C42H45ClFN9O4. The molecule has 2 aromatic carbocycles. The number of piperidine rings is 2. The van der Waals surface area contributed by atoms with Crippen molar-refractivity contribution in [2.45, 2.75) is 63.7 Å². The van der Waals surface area contributed by atoms with Gasteiger partial charge in [-0.3, -0.25) is 39.2 Å². The zero-order chi connectivity index (χ0) is 39.6. The predicted octanol–water partition coefficient (Wildman–Crippen LogP) is 4.72. The molecule has 6 aliphatic heterocycles. The number of pyridine rings is 1. The maximum atomic E-state index is 15.4. The van der Waals surface area contributed by atoms with Crippen molar-refractivity contribution in [1.29, 1.82) is 0 Å². The molecular weight excluding hydrogens is 749 g/mol. The lowest BCUT2D eigenvalue weighted by atomic mass is 9.77. The second-order valence-corrected chi connectivity index (χ2v) is 17.0. The standard InChI is InChI=1S/C42H45ClFN9O4/c1-26-20-42(25-52(26)28-4-5-34(45-2)32(43)17-28)9-11-51(12-10-42)37-7-3-27(21-46-37)22-48-23-29(24-48)49-13-15-50(16-14-49)36-19-31-30(18-33(36)44)40(56)53(41(31)57)35-6-8-38(54)47-39(35)55/h3-5,7,17-19,21,26,29,35H,6,8-16,20,22-25H2,1H3,(H,47,54,55)/t26-,35?/m0/s1. The molecule has 7 heterocycles. The number of carbonyl (C=O) groups is 4. The van der Waals surface area contributed by atoms with E-state index in [9.17, 15) is 19.2 Å². The minimum Gasteiger partial charge on any atom is -0.368 e. The molecule has 0 aliphatic carbocycles. The molecule has 13 nitrogen and oxygen atoms in total. The van der Waals surface area contributed by atoms with Crippen molar-refractivity contribution in [2.75, 3.05) is 73.6 Å². The lowest BCUT2D eigenvalue weighted by molar-refractivity contribution is -0.136. The van der Waals surface area contributed by atoms with Crippen LogP contribution in [0.2, 0.25) is 5.02 Å². The van der Waals surface area contributed by atoms with Gasteiger partial charge in [0.25, 0.3) is 11.8 Å². The van der Waals surface area contributed by atoms with Crippen LogP contribution in [0.3, 0.4) is 0 Å². The number of nitrogens with zero attached hydrogens (tertiary/aromatic N) is 8. The van der Waals surface area contributed by atoms with E-state index in [-0.39, 0.29) is 35.1 Å². The summed E-state index contributed by atoms with van der Waals surface area (Å²) in [6.07, 6.45) is 5.46. The van der Waals surface area contributed by atoms with Gasteiger partial charge in [-0.1, -0.05) is 23.7 Å². The van der Waals surface area contributed by atoms with E-state index in [4.69, 9.17) is 23.2 Å². The molecule has 2 atom stereocenters. The fraction of sp³-hybridized carbons (Fsp3) is 0.476. The van der Waals surface area contributed by atoms with Crippen LogP contribution in [0.15, 0.2) is 48.7 Å². The van der Waals surface area contributed by atoms with Gasteiger partial charge in [-0.2, -0.15) is 0 Å². The summed E-state index contributed by atoms with van der Waals surface area (Å²) in [6, 6.07) is 12.4. The Morgan fingerprint density at radius 2 is 1.68 bits per heavy atom. The molecule has 1 spiro atoms. The molecule has 1 N–H and O–H groups in total. The second kappa shape index (κ2) is 14.7. The molecule has 15 heteroatoms. The Morgan fingerprint density at radius 3 is 2.35 bits per heavy atom. The van der Waals surface area contributed by atoms with Gasteiger partial charge in [0.1, 0.15) is 17.7 Å². The molecule has 9 rings (SSSR count). The molecule has 57 heavy (non-hydrogen) atoms. The van der Waals surface area contributed by atoms with E-state index in [1.54, 1.807) is 0 Å². The number of rotatable bonds is 7. The zero-order valence-electron chi connectivity index (χ0n) is 31.9. The fourth-order valence-electron chi connectivity index (χ4n) is 9.91. The lowest BCUT2D eigenvalue weighted by Crippen LogP contribution is -2.62. The number of carbonyl (C=O) groups excluding carboxylic acids is 4. The molecule has 1 unspecified atom stereocenters. The third kappa shape index (κ3) is 6.89. The molecule has 0 radical (unpaired) electrons. The number of hydrogen-bond donors (Lipinski definition) is 1. The van der Waals surface area contributed by atoms with Crippen molar-refractivity contribution in [2.24, 2.45) is 5.41 Å². The van der Waals surface area contributed by atoms with Gasteiger partial charge in [-0.25, -0.2) is 14.2 Å². The molecule has 5 fully saturated rings. The summed E-state index contributed by atoms with van der Waals surface area (Å²) in [4.78, 5) is 71.3. The molecule has 3 aromatic rings. The Kier molecular flexibility index (Phi) is 9.66. The second-order valence-electron chi connectivity index (χ2n) is 16.6. The number of nitrogens with one attached hydrogen (secondary N) is 1. The average molecular weight is 794 g/mol. The van der Waals surface area contributed by atoms with Crippen molar-refractivity contribution >= 4 is 58.1 Å². The molecule has 4 amide bonds. The Morgan fingerprint density at radius 1 is 0.947 bits per heavy atom. The van der Waals surface area contributed by atoms with Crippen molar-refractivity contribution < 1.29 is 23.6 Å². The Hall–Kier alpha value is -5.10. The normalized spacial score (nSPS) is 24.2. The highest BCUT2D eigenvalue weighted by atomic mass is 35.5. The van der Waals surface area contributed by atoms with Crippen LogP contribution in [-0.4, -0.2) is 120 Å². The topological polar surface area (TPSA) is 117 Å². The number of benzene rings is 2. The van der Waals surface area contributed by atoms with E-state index in [0.717, 1.165) is 94.1 Å². The number of imide groups is 2. The monoisotopic (exact) mass is 793 g/mol. The Labute approximate surface area is 336 Å². The van der Waals surface area contributed by atoms with Crippen LogP contribution in [0, 0.1) is 17.8 Å². The quantitative estimate of drug-likeness (QED) is 0.266. The first-order valence-electron chi connectivity index (χ1n) is 19.9. The third-order valence-electron chi connectivity index (χ3n) is 13.1. The highest BCUT2D eigenvalue weighted by Gasteiger charge is 2.46. The van der Waals surface area contributed by atoms with Gasteiger partial charge in [-0.15, -0.1) is 0 Å². The minimum atomic E-state index is -1.09. The third-order valence-corrected chi connectivity index (χ3v) is 13.4. The summed E-state index contributed by atoms with van der Waals surface area (Å²) in [6.45, 7) is 17.9. The van der Waals surface area contributed by atoms with Crippen LogP contribution in [0.25, 0.3) is 4.85 Å². The van der Waals surface area contributed by atoms with E-state index >= 15 is 4.39 Å². The zero-order valence-corrected chi connectivity index (χ0v) is 32.7. The van der Waals surface area contributed by atoms with Gasteiger partial charge < -0.3 is 14.7 Å². The largest absolute Gasteiger partial charge is 0.368 e. The van der Waals surface area contributed by atoms with Gasteiger partial charge >= 0.3 is 0 Å². The number of piperazine rings is 1. The number of anilines is 3. The first-order valence-corrected chi connectivity index (χ1v) is 20.3. The van der Waals surface area contributed by atoms with Crippen LogP contribution in [0.1, 0.15) is 65.3 Å². The van der Waals surface area contributed by atoms with E-state index in [0.29, 0.717) is 35.9 Å². The van der Waals surface area contributed by atoms with Crippen LogP contribution in [0.5, 0.6) is 0 Å². The van der Waals surface area contributed by atoms with Crippen molar-refractivity contribution in [3.63, 3.8) is 0 Å². The van der Waals surface area contributed by atoms with Crippen molar-refractivity contribution in [3.05, 3.63) is 87.6 Å². The molecule has 1 aromatic heterocycles. The van der Waals surface area contributed by atoms with Gasteiger partial charge in [0.05, 0.1) is 23.4 Å². The predicted molar refractivity (Wildman–Crippen MR) is 213 cm³/mol. The van der Waals surface area contributed by atoms with E-state index in [1.807, 2.05) is 29.3 Å². The molecule has 5 saturated heterocycles. The SMILES string of the molecule is [C-]#[N+]c1ccc(N2CC3(CCN(c4ccc(CN5CC(N6CCN(c7cc8c(cc7F)C(=O)N(C7CCC(=O)NC7=O)C8=O)CC6)C5)cn4)CC3)C[C@@H]2C)cc1Cl. The number of halogens is 2. The highest BCUT2D eigenvalue weighted by molar-refractivity contribution is 6.33. The summed E-state index contributed by atoms with van der Waals surface area (Å²) in [5.41, 5.74) is 3.36. The summed E-state index contributed by atoms with van der Waals surface area (Å²) in [5.74, 6) is -2.03. The fourth-order valence-corrected chi connectivity index (χ4v) is 10.1. The Bertz CT molecular complexity index is 2170. The van der Waals surface area contributed by atoms with E-state index < -0.39 is 35.5 Å².